The molecule has 594 valence electrons. The highest BCUT2D eigenvalue weighted by Crippen LogP contribution is 2.32. The van der Waals surface area contributed by atoms with Gasteiger partial charge in [0.15, 0.2) is 0 Å². The maximum atomic E-state index is 14.9. The third-order valence-corrected chi connectivity index (χ3v) is 19.8. The van der Waals surface area contributed by atoms with Crippen LogP contribution in [0.25, 0.3) is 0 Å². The van der Waals surface area contributed by atoms with Crippen molar-refractivity contribution in [3.63, 3.8) is 0 Å². The predicted octanol–water partition coefficient (Wildman–Crippen LogP) is 0.135. The van der Waals surface area contributed by atoms with Crippen LogP contribution in [-0.4, -0.2) is 269 Å². The van der Waals surface area contributed by atoms with Crippen LogP contribution in [0.15, 0.2) is 66.7 Å². The van der Waals surface area contributed by atoms with Crippen molar-refractivity contribution in [2.24, 2.45) is 35.5 Å². The summed E-state index contributed by atoms with van der Waals surface area (Å²) in [5.74, 6) is -12.0. The van der Waals surface area contributed by atoms with Gasteiger partial charge < -0.3 is 91.5 Å². The van der Waals surface area contributed by atoms with E-state index in [0.29, 0.717) is 31.4 Å². The summed E-state index contributed by atoms with van der Waals surface area (Å²) in [6.45, 7) is 14.3. The Morgan fingerprint density at radius 2 is 1.30 bits per heavy atom. The number of benzene rings is 2. The Morgan fingerprint density at radius 1 is 0.664 bits per heavy atom. The summed E-state index contributed by atoms with van der Waals surface area (Å²) in [6, 6.07) is 7.89. The molecule has 2 fully saturated rings. The van der Waals surface area contributed by atoms with Crippen LogP contribution in [-0.2, 0) is 89.5 Å². The molecule has 1 aliphatic carbocycles. The van der Waals surface area contributed by atoms with E-state index < -0.39 is 193 Å². The number of amides is 12. The lowest BCUT2D eigenvalue weighted by atomic mass is 9.81. The highest BCUT2D eigenvalue weighted by Gasteiger charge is 2.48. The summed E-state index contributed by atoms with van der Waals surface area (Å²) in [5.41, 5.74) is 1.47. The standard InChI is InChI=1S/C74H111N11O22/c1-14-43(8)62(52(104-12)36-58(91)84-32-18-22-51(84)66(105-13)44(9)67(95)78-49(34-45-20-16-15-17-21-45)68(96)76-30-19-33-106-53-35-48(73(101)102)63(92)65(94)64(53)93)82(10)72(100)60(41(4)5)81-71(99)61(42(6)7)83(11)74(103)107-39-46-23-25-47(26-24-46)77-69(97)50(38-86)79-70(98)59(40(2)3)80-54(87)29-31-75-55(88)37-85-56(89)27-28-57(85)90/h15-17,20-21,23-28,40-44,48-53,59-66,86,92-94H,14,18-19,22,29-39H2,1-13H3,(H,75,88)(H,76,96)(H,77,97)(H,78,95)(H,79,98)(H,80,87)(H,81,99)(H,101,102)/t43-,44+,48-,49-,50-,51-,52+,53+,59-,60-,61-,62-,63+,64-,65-,66+/m0/s1. The highest BCUT2D eigenvalue weighted by atomic mass is 16.6. The van der Waals surface area contributed by atoms with E-state index in [1.807, 2.05) is 32.0 Å². The molecular weight excluding hydrogens is 1390 g/mol. The minimum Gasteiger partial charge on any atom is -0.481 e. The molecule has 0 bridgehead atoms. The van der Waals surface area contributed by atoms with Crippen LogP contribution in [0, 0.1) is 35.5 Å². The zero-order valence-electron chi connectivity index (χ0n) is 63.4. The molecule has 2 heterocycles. The Morgan fingerprint density at radius 3 is 1.88 bits per heavy atom. The number of hydrogen-bond acceptors (Lipinski definition) is 21. The first-order valence-electron chi connectivity index (χ1n) is 36.3. The van der Waals surface area contributed by atoms with E-state index in [1.54, 1.807) is 84.7 Å². The summed E-state index contributed by atoms with van der Waals surface area (Å²) >= 11 is 0. The van der Waals surface area contributed by atoms with Crippen LogP contribution in [0.3, 0.4) is 0 Å². The van der Waals surface area contributed by atoms with Gasteiger partial charge in [-0.3, -0.25) is 67.3 Å². The lowest BCUT2D eigenvalue weighted by molar-refractivity contribution is -0.186. The zero-order valence-corrected chi connectivity index (χ0v) is 63.4. The number of hydrogen-bond donors (Lipinski definition) is 12. The number of anilines is 1. The normalized spacial score (nSPS) is 20.7. The van der Waals surface area contributed by atoms with Gasteiger partial charge in [0, 0.05) is 85.2 Å². The third-order valence-electron chi connectivity index (χ3n) is 19.8. The SMILES string of the molecule is CC[C@H](C)[C@@H]([C@@H](CC(=O)N1CCC[C@H]1[C@H](OC)[C@@H](C)C(=O)N[C@@H](Cc1ccccc1)C(=O)NCCCO[C@@H]1C[C@H](C(=O)O)[C@@H](O)[C@H](O)[C@H]1O)OC)N(C)C(=O)[C@@H](NC(=O)[C@H](C(C)C)N(C)C(=O)OCc1ccc(NC(=O)[C@H](CO)NC(=O)[C@@H](NC(=O)CCNC(=O)CN2C(=O)C=CC2=O)C(C)C)cc1)C(C)C. The predicted molar refractivity (Wildman–Crippen MR) is 387 cm³/mol. The fourth-order valence-electron chi connectivity index (χ4n) is 13.4. The number of nitrogens with one attached hydrogen (secondary N) is 7. The number of imide groups is 1. The van der Waals surface area contributed by atoms with Crippen LogP contribution >= 0.6 is 0 Å². The maximum absolute atomic E-state index is 14.9. The van der Waals surface area contributed by atoms with Crippen LogP contribution in [0.4, 0.5) is 10.5 Å². The number of likely N-dealkylation sites (N-methyl/N-ethyl adjacent to an activating group) is 2. The number of aliphatic carboxylic acids is 1. The van der Waals surface area contributed by atoms with E-state index in [4.69, 9.17) is 18.9 Å². The number of nitrogens with zero attached hydrogens (tertiary/aromatic N) is 4. The Bertz CT molecular complexity index is 3380. The molecule has 0 unspecified atom stereocenters. The summed E-state index contributed by atoms with van der Waals surface area (Å²) in [7, 11) is 5.89. The van der Waals surface area contributed by atoms with E-state index >= 15 is 0 Å². The van der Waals surface area contributed by atoms with Crippen molar-refractivity contribution in [2.45, 2.75) is 199 Å². The summed E-state index contributed by atoms with van der Waals surface area (Å²) in [5, 5.41) is 69.1. The molecule has 2 aromatic rings. The number of carbonyl (C=O) groups excluding carboxylic acids is 12. The number of methoxy groups -OCH3 is 2. The third kappa shape index (κ3) is 25.0. The Kier molecular flexibility index (Phi) is 35.2. The van der Waals surface area contributed by atoms with Crippen LogP contribution in [0.1, 0.15) is 118 Å². The first-order chi connectivity index (χ1) is 50.6. The molecule has 2 aliphatic heterocycles. The molecule has 107 heavy (non-hydrogen) atoms. The lowest BCUT2D eigenvalue weighted by Gasteiger charge is -2.41. The van der Waals surface area contributed by atoms with Crippen molar-refractivity contribution in [1.29, 1.82) is 0 Å². The number of carboxylic acids is 1. The maximum Gasteiger partial charge on any atom is 0.410 e. The van der Waals surface area contributed by atoms with E-state index in [2.05, 4.69) is 37.2 Å². The number of carboxylic acid groups (broad SMARTS) is 1. The Hall–Kier alpha value is -8.99. The largest absolute Gasteiger partial charge is 0.481 e. The first-order valence-corrected chi connectivity index (χ1v) is 36.3. The number of rotatable bonds is 41. The second-order valence-electron chi connectivity index (χ2n) is 28.5. The van der Waals surface area contributed by atoms with E-state index in [1.165, 1.54) is 38.3 Å². The van der Waals surface area contributed by atoms with Crippen LogP contribution in [0.2, 0.25) is 0 Å². The molecular formula is C74H111N11O22. The van der Waals surface area contributed by atoms with Crippen LogP contribution in [0.5, 0.6) is 0 Å². The van der Waals surface area contributed by atoms with Gasteiger partial charge in [-0.05, 0) is 72.6 Å². The second-order valence-corrected chi connectivity index (χ2v) is 28.5. The first kappa shape index (κ1) is 88.6. The van der Waals surface area contributed by atoms with E-state index in [9.17, 15) is 87.9 Å². The summed E-state index contributed by atoms with van der Waals surface area (Å²) < 4.78 is 23.5. The summed E-state index contributed by atoms with van der Waals surface area (Å²) in [6.07, 6.45) is -5.28. The fraction of sp³-hybridized carbons (Fsp3) is 0.635. The van der Waals surface area contributed by atoms with Crippen molar-refractivity contribution < 1.29 is 107 Å². The van der Waals surface area contributed by atoms with Crippen molar-refractivity contribution in [3.8, 4) is 0 Å². The van der Waals surface area contributed by atoms with Gasteiger partial charge >= 0.3 is 12.1 Å². The number of ether oxygens (including phenoxy) is 4. The molecule has 2 aromatic carbocycles. The zero-order chi connectivity index (χ0) is 79.7. The van der Waals surface area contributed by atoms with Gasteiger partial charge in [0.1, 0.15) is 55.6 Å². The molecule has 33 heteroatoms. The average molecular weight is 1510 g/mol. The van der Waals surface area contributed by atoms with E-state index in [0.717, 1.165) is 27.5 Å². The molecule has 12 amide bonds. The van der Waals surface area contributed by atoms with Gasteiger partial charge in [-0.2, -0.15) is 0 Å². The Labute approximate surface area is 624 Å². The van der Waals surface area contributed by atoms with E-state index in [-0.39, 0.29) is 75.9 Å². The molecule has 0 spiro atoms. The smallest absolute Gasteiger partial charge is 0.410 e. The molecule has 33 nitrogen and oxygen atoms in total. The van der Waals surface area contributed by atoms with Crippen molar-refractivity contribution >= 4 is 82.7 Å². The van der Waals surface area contributed by atoms with Crippen LogP contribution < -0.4 is 37.2 Å². The quantitative estimate of drug-likeness (QED) is 0.0311. The van der Waals surface area contributed by atoms with Gasteiger partial charge in [0.25, 0.3) is 11.8 Å². The van der Waals surface area contributed by atoms with Crippen molar-refractivity contribution in [3.05, 3.63) is 77.9 Å². The molecule has 5 rings (SSSR count). The van der Waals surface area contributed by atoms with Crippen molar-refractivity contribution in [2.75, 3.05) is 73.0 Å². The number of aliphatic hydroxyl groups excluding tert-OH is 4. The fourth-order valence-corrected chi connectivity index (χ4v) is 13.4. The van der Waals surface area contributed by atoms with Gasteiger partial charge in [-0.25, -0.2) is 4.79 Å². The monoisotopic (exact) mass is 1510 g/mol. The minimum atomic E-state index is -1.73. The highest BCUT2D eigenvalue weighted by molar-refractivity contribution is 6.14. The second kappa shape index (κ2) is 42.5. The molecule has 1 saturated carbocycles. The molecule has 0 radical (unpaired) electrons. The van der Waals surface area contributed by atoms with Gasteiger partial charge in [0.05, 0.1) is 61.4 Å². The topological polar surface area (TPSA) is 457 Å². The average Bonchev–Trinajstić information content (AvgIpc) is 1.77. The van der Waals surface area contributed by atoms with Gasteiger partial charge in [-0.15, -0.1) is 0 Å². The lowest BCUT2D eigenvalue weighted by Crippen LogP contribution is -2.60. The molecule has 16 atom stereocenters. The number of carbonyl (C=O) groups is 13. The molecule has 3 aliphatic rings. The Balaban J connectivity index is 1.15. The molecule has 1 saturated heterocycles. The molecule has 12 N–H and O–H groups in total. The number of likely N-dealkylation sites (tertiary alicyclic amines) is 1. The summed E-state index contributed by atoms with van der Waals surface area (Å²) in [4.78, 5) is 178. The minimum absolute atomic E-state index is 0.0413. The molecule has 0 aromatic heterocycles. The van der Waals surface area contributed by atoms with Crippen molar-refractivity contribution in [1.82, 2.24) is 51.5 Å². The number of aliphatic hydroxyl groups is 4. The van der Waals surface area contributed by atoms with Gasteiger partial charge in [-0.1, -0.05) is 111 Å². The van der Waals surface area contributed by atoms with Gasteiger partial charge in [0.2, 0.25) is 53.2 Å².